The molecule has 3 rings (SSSR count). The minimum absolute atomic E-state index is 0.114. The lowest BCUT2D eigenvalue weighted by Crippen LogP contribution is -2.40. The molecule has 1 atom stereocenters. The summed E-state index contributed by atoms with van der Waals surface area (Å²) < 4.78 is 15.6. The zero-order valence-corrected chi connectivity index (χ0v) is 15.1. The van der Waals surface area contributed by atoms with E-state index in [-0.39, 0.29) is 12.3 Å². The van der Waals surface area contributed by atoms with Crippen molar-refractivity contribution >= 4 is 24.8 Å². The van der Waals surface area contributed by atoms with Gasteiger partial charge in [-0.15, -0.1) is 0 Å². The summed E-state index contributed by atoms with van der Waals surface area (Å²) in [6.07, 6.45) is 1.70. The van der Waals surface area contributed by atoms with Crippen LogP contribution in [0.25, 0.3) is 11.0 Å². The van der Waals surface area contributed by atoms with Crippen molar-refractivity contribution in [1.29, 1.82) is 0 Å². The lowest BCUT2D eigenvalue weighted by atomic mass is 10.1. The average Bonchev–Trinajstić information content (AvgIpc) is 2.66. The maximum absolute atomic E-state index is 12.6. The molecule has 0 unspecified atom stereocenters. The van der Waals surface area contributed by atoms with Crippen molar-refractivity contribution in [2.75, 3.05) is 6.61 Å². The molecule has 0 aliphatic rings. The Hall–Kier alpha value is -2.64. The highest BCUT2D eigenvalue weighted by Crippen LogP contribution is 2.35. The first-order valence-electron chi connectivity index (χ1n) is 8.17. The molecular weight excluding hydrogens is 369 g/mol. The Labute approximate surface area is 155 Å². The molecule has 0 saturated carbocycles. The van der Waals surface area contributed by atoms with Crippen molar-refractivity contribution in [3.63, 3.8) is 0 Å². The van der Waals surface area contributed by atoms with Crippen LogP contribution in [0.3, 0.4) is 0 Å². The standard InChI is InChI=1S/C18H18N3O5P/c22-18(17-11-19-15-8-4-5-9-16(15)21-17)20-14(12-26-27(23,24)25)10-13-6-2-1-3-7-13/h1-9,11,14H,10,12H2,(H,20,22)(H2,23,24,25)/t14-/m1/s1. The number of carbonyl (C=O) groups excluding carboxylic acids is 1. The van der Waals surface area contributed by atoms with Gasteiger partial charge in [-0.05, 0) is 24.1 Å². The molecule has 0 aliphatic carbocycles. The summed E-state index contributed by atoms with van der Waals surface area (Å²) >= 11 is 0. The third-order valence-corrected chi connectivity index (χ3v) is 4.27. The van der Waals surface area contributed by atoms with E-state index in [0.29, 0.717) is 17.5 Å². The molecule has 8 nitrogen and oxygen atoms in total. The summed E-state index contributed by atoms with van der Waals surface area (Å²) in [7, 11) is -4.65. The number of nitrogens with zero attached hydrogens (tertiary/aromatic N) is 2. The number of nitrogens with one attached hydrogen (secondary N) is 1. The number of hydrogen-bond acceptors (Lipinski definition) is 5. The fourth-order valence-corrected chi connectivity index (χ4v) is 2.94. The third-order valence-electron chi connectivity index (χ3n) is 3.79. The van der Waals surface area contributed by atoms with E-state index < -0.39 is 19.8 Å². The molecule has 3 aromatic rings. The van der Waals surface area contributed by atoms with E-state index in [0.717, 1.165) is 5.56 Å². The van der Waals surface area contributed by atoms with Crippen molar-refractivity contribution in [2.45, 2.75) is 12.5 Å². The molecule has 27 heavy (non-hydrogen) atoms. The number of rotatable bonds is 7. The van der Waals surface area contributed by atoms with Gasteiger partial charge in [0.25, 0.3) is 5.91 Å². The minimum Gasteiger partial charge on any atom is -0.345 e. The molecule has 0 fully saturated rings. The number of amides is 1. The van der Waals surface area contributed by atoms with E-state index in [1.165, 1.54) is 6.20 Å². The summed E-state index contributed by atoms with van der Waals surface area (Å²) in [6, 6.07) is 15.7. The van der Waals surface area contributed by atoms with Gasteiger partial charge < -0.3 is 15.1 Å². The van der Waals surface area contributed by atoms with Crippen LogP contribution in [0.2, 0.25) is 0 Å². The van der Waals surface area contributed by atoms with Crippen molar-refractivity contribution in [2.24, 2.45) is 0 Å². The first-order valence-corrected chi connectivity index (χ1v) is 9.70. The van der Waals surface area contributed by atoms with Gasteiger partial charge in [0.1, 0.15) is 5.69 Å². The number of phosphoric ester groups is 1. The molecule has 0 radical (unpaired) electrons. The van der Waals surface area contributed by atoms with E-state index in [1.807, 2.05) is 36.4 Å². The smallest absolute Gasteiger partial charge is 0.345 e. The Morgan fingerprint density at radius 1 is 1.07 bits per heavy atom. The van der Waals surface area contributed by atoms with E-state index in [9.17, 15) is 9.36 Å². The maximum Gasteiger partial charge on any atom is 0.469 e. The predicted molar refractivity (Wildman–Crippen MR) is 98.9 cm³/mol. The lowest BCUT2D eigenvalue weighted by molar-refractivity contribution is 0.0904. The van der Waals surface area contributed by atoms with Crippen molar-refractivity contribution in [1.82, 2.24) is 15.3 Å². The molecule has 3 N–H and O–H groups in total. The van der Waals surface area contributed by atoms with Gasteiger partial charge in [0.05, 0.1) is 29.9 Å². The summed E-state index contributed by atoms with van der Waals surface area (Å²) in [5.41, 5.74) is 2.25. The van der Waals surface area contributed by atoms with E-state index in [4.69, 9.17) is 9.79 Å². The van der Waals surface area contributed by atoms with Crippen LogP contribution in [-0.2, 0) is 15.5 Å². The zero-order chi connectivity index (χ0) is 19.3. The largest absolute Gasteiger partial charge is 0.469 e. The van der Waals surface area contributed by atoms with E-state index >= 15 is 0 Å². The highest BCUT2D eigenvalue weighted by atomic mass is 31.2. The number of carbonyl (C=O) groups is 1. The molecule has 140 valence electrons. The van der Waals surface area contributed by atoms with Gasteiger partial charge >= 0.3 is 7.82 Å². The van der Waals surface area contributed by atoms with Gasteiger partial charge in [0.2, 0.25) is 0 Å². The Balaban J connectivity index is 1.76. The normalized spacial score (nSPS) is 12.7. The molecule has 0 bridgehead atoms. The fraction of sp³-hybridized carbons (Fsp3) is 0.167. The fourth-order valence-electron chi connectivity index (χ4n) is 2.56. The molecular formula is C18H18N3O5P. The highest BCUT2D eigenvalue weighted by molar-refractivity contribution is 7.46. The van der Waals surface area contributed by atoms with Gasteiger partial charge in [0, 0.05) is 0 Å². The van der Waals surface area contributed by atoms with Crippen molar-refractivity contribution in [3.8, 4) is 0 Å². The topological polar surface area (TPSA) is 122 Å². The molecule has 2 aromatic carbocycles. The van der Waals surface area contributed by atoms with Crippen LogP contribution in [0.15, 0.2) is 60.8 Å². The van der Waals surface area contributed by atoms with Crippen LogP contribution in [0, 0.1) is 0 Å². The van der Waals surface area contributed by atoms with Crippen LogP contribution in [0.5, 0.6) is 0 Å². The second kappa shape index (κ2) is 8.37. The van der Waals surface area contributed by atoms with Crippen molar-refractivity contribution < 1.29 is 23.7 Å². The van der Waals surface area contributed by atoms with Crippen LogP contribution >= 0.6 is 7.82 Å². The Bertz CT molecular complexity index is 977. The first-order chi connectivity index (χ1) is 12.9. The van der Waals surface area contributed by atoms with Gasteiger partial charge in [-0.3, -0.25) is 14.3 Å². The second-order valence-electron chi connectivity index (χ2n) is 5.89. The Morgan fingerprint density at radius 3 is 2.44 bits per heavy atom. The first kappa shape index (κ1) is 19.1. The SMILES string of the molecule is O=C(N[C@@H](COP(=O)(O)O)Cc1ccccc1)c1cnc2ccccc2n1. The van der Waals surface area contributed by atoms with Crippen LogP contribution in [-0.4, -0.2) is 38.3 Å². The monoisotopic (exact) mass is 387 g/mol. The summed E-state index contributed by atoms with van der Waals surface area (Å²) in [4.78, 5) is 38.9. The number of phosphoric acid groups is 1. The quantitative estimate of drug-likeness (QED) is 0.531. The molecule has 1 amide bonds. The van der Waals surface area contributed by atoms with Gasteiger partial charge in [0.15, 0.2) is 0 Å². The number of aromatic nitrogens is 2. The molecule has 1 heterocycles. The number of para-hydroxylation sites is 2. The molecule has 0 aliphatic heterocycles. The average molecular weight is 387 g/mol. The Morgan fingerprint density at radius 2 is 1.74 bits per heavy atom. The second-order valence-corrected chi connectivity index (χ2v) is 7.13. The lowest BCUT2D eigenvalue weighted by Gasteiger charge is -2.19. The van der Waals surface area contributed by atoms with E-state index in [2.05, 4.69) is 19.8 Å². The number of benzene rings is 2. The summed E-state index contributed by atoms with van der Waals surface area (Å²) in [6.45, 7) is -0.341. The van der Waals surface area contributed by atoms with Gasteiger partial charge in [-0.1, -0.05) is 42.5 Å². The van der Waals surface area contributed by atoms with Gasteiger partial charge in [-0.2, -0.15) is 0 Å². The molecule has 0 spiro atoms. The maximum atomic E-state index is 12.6. The summed E-state index contributed by atoms with van der Waals surface area (Å²) in [5.74, 6) is -0.497. The molecule has 0 saturated heterocycles. The van der Waals surface area contributed by atoms with Crippen molar-refractivity contribution in [3.05, 3.63) is 72.1 Å². The third kappa shape index (κ3) is 5.67. The van der Waals surface area contributed by atoms with Crippen LogP contribution < -0.4 is 5.32 Å². The number of hydrogen-bond donors (Lipinski definition) is 3. The summed E-state index contributed by atoms with van der Waals surface area (Å²) in [5, 5.41) is 2.71. The minimum atomic E-state index is -4.65. The predicted octanol–water partition coefficient (Wildman–Crippen LogP) is 2.08. The number of fused-ring (bicyclic) bond motifs is 1. The molecule has 1 aromatic heterocycles. The van der Waals surface area contributed by atoms with Crippen LogP contribution in [0.4, 0.5) is 0 Å². The zero-order valence-electron chi connectivity index (χ0n) is 14.2. The molecule has 9 heteroatoms. The van der Waals surface area contributed by atoms with Gasteiger partial charge in [-0.25, -0.2) is 9.55 Å². The van der Waals surface area contributed by atoms with E-state index in [1.54, 1.807) is 18.2 Å². The Kier molecular flexibility index (Phi) is 5.93. The highest BCUT2D eigenvalue weighted by Gasteiger charge is 2.21. The van der Waals surface area contributed by atoms with Crippen LogP contribution in [0.1, 0.15) is 16.1 Å².